The average molecular weight is 291 g/mol. The smallest absolute Gasteiger partial charge is 0.142 e. The van der Waals surface area contributed by atoms with Crippen LogP contribution in [0.4, 0.5) is 10.2 Å². The zero-order valence-corrected chi connectivity index (χ0v) is 11.9. The maximum Gasteiger partial charge on any atom is 0.142 e. The summed E-state index contributed by atoms with van der Waals surface area (Å²) in [7, 11) is 0. The van der Waals surface area contributed by atoms with Gasteiger partial charge in [-0.3, -0.25) is 0 Å². The summed E-state index contributed by atoms with van der Waals surface area (Å²) in [5.74, 6) is 1.10. The summed E-state index contributed by atoms with van der Waals surface area (Å²) in [4.78, 5) is 6.65. The average Bonchev–Trinajstić information content (AvgIpc) is 2.51. The van der Waals surface area contributed by atoms with Gasteiger partial charge in [-0.1, -0.05) is 23.7 Å². The second-order valence-electron chi connectivity index (χ2n) is 5.12. The molecule has 0 atom stereocenters. The van der Waals surface area contributed by atoms with Crippen LogP contribution in [0.15, 0.2) is 42.6 Å². The maximum atomic E-state index is 13.5. The monoisotopic (exact) mass is 290 g/mol. The molecule has 2 nitrogen and oxygen atoms in total. The molecule has 1 saturated heterocycles. The molecular weight excluding hydrogens is 275 g/mol. The summed E-state index contributed by atoms with van der Waals surface area (Å²) in [5.41, 5.74) is 1.05. The number of hydrogen-bond acceptors (Lipinski definition) is 2. The van der Waals surface area contributed by atoms with Crippen LogP contribution in [-0.4, -0.2) is 18.1 Å². The molecule has 0 spiro atoms. The topological polar surface area (TPSA) is 16.1 Å². The molecule has 1 aliphatic heterocycles. The third-order valence-corrected chi connectivity index (χ3v) is 4.19. The molecule has 0 unspecified atom stereocenters. The van der Waals surface area contributed by atoms with Crippen LogP contribution in [0.25, 0.3) is 0 Å². The van der Waals surface area contributed by atoms with Crippen molar-refractivity contribution in [2.24, 2.45) is 0 Å². The third-order valence-electron chi connectivity index (χ3n) is 3.88. The van der Waals surface area contributed by atoms with E-state index in [4.69, 9.17) is 11.6 Å². The zero-order valence-electron chi connectivity index (χ0n) is 11.1. The number of benzene rings is 1. The first-order chi connectivity index (χ1) is 9.74. The lowest BCUT2D eigenvalue weighted by atomic mass is 9.89. The first kappa shape index (κ1) is 13.4. The van der Waals surface area contributed by atoms with Gasteiger partial charge in [-0.05, 0) is 48.6 Å². The van der Waals surface area contributed by atoms with Gasteiger partial charge in [0.25, 0.3) is 0 Å². The van der Waals surface area contributed by atoms with Crippen LogP contribution >= 0.6 is 11.6 Å². The highest BCUT2D eigenvalue weighted by Crippen LogP contribution is 2.31. The predicted molar refractivity (Wildman–Crippen MR) is 79.8 cm³/mol. The highest BCUT2D eigenvalue weighted by molar-refractivity contribution is 6.30. The second-order valence-corrected chi connectivity index (χ2v) is 5.53. The maximum absolute atomic E-state index is 13.5. The van der Waals surface area contributed by atoms with Crippen molar-refractivity contribution < 1.29 is 4.39 Å². The molecule has 0 amide bonds. The van der Waals surface area contributed by atoms with Gasteiger partial charge in [-0.25, -0.2) is 9.37 Å². The molecule has 4 heteroatoms. The Morgan fingerprint density at radius 2 is 1.95 bits per heavy atom. The predicted octanol–water partition coefficient (Wildman–Crippen LogP) is 4.26. The van der Waals surface area contributed by atoms with Gasteiger partial charge in [0, 0.05) is 19.3 Å². The van der Waals surface area contributed by atoms with Crippen molar-refractivity contribution in [2.75, 3.05) is 18.0 Å². The van der Waals surface area contributed by atoms with E-state index in [-0.39, 0.29) is 10.8 Å². The minimum absolute atomic E-state index is 0.194. The van der Waals surface area contributed by atoms with E-state index < -0.39 is 0 Å². The fourth-order valence-corrected chi connectivity index (χ4v) is 2.87. The fraction of sp³-hybridized carbons (Fsp3) is 0.312. The summed E-state index contributed by atoms with van der Waals surface area (Å²) in [5, 5.41) is 0.194. The minimum atomic E-state index is -0.323. The van der Waals surface area contributed by atoms with E-state index in [1.54, 1.807) is 12.1 Å². The molecule has 0 N–H and O–H groups in total. The van der Waals surface area contributed by atoms with E-state index in [1.807, 2.05) is 30.5 Å². The Balaban J connectivity index is 1.68. The van der Waals surface area contributed by atoms with E-state index in [0.717, 1.165) is 37.3 Å². The number of hydrogen-bond donors (Lipinski definition) is 0. The molecule has 1 aromatic heterocycles. The highest BCUT2D eigenvalue weighted by atomic mass is 35.5. The number of halogens is 2. The molecule has 0 saturated carbocycles. The Kier molecular flexibility index (Phi) is 3.88. The molecule has 104 valence electrons. The summed E-state index contributed by atoms with van der Waals surface area (Å²) in [6.45, 7) is 1.90. The summed E-state index contributed by atoms with van der Waals surface area (Å²) in [6, 6.07) is 11.1. The van der Waals surface area contributed by atoms with Crippen LogP contribution in [-0.2, 0) is 0 Å². The van der Waals surface area contributed by atoms with Gasteiger partial charge >= 0.3 is 0 Å². The van der Waals surface area contributed by atoms with Crippen LogP contribution in [0.2, 0.25) is 5.02 Å². The van der Waals surface area contributed by atoms with Crippen molar-refractivity contribution in [3.63, 3.8) is 0 Å². The van der Waals surface area contributed by atoms with Gasteiger partial charge in [0.15, 0.2) is 0 Å². The first-order valence-corrected chi connectivity index (χ1v) is 7.23. The number of rotatable bonds is 2. The van der Waals surface area contributed by atoms with Gasteiger partial charge in [-0.2, -0.15) is 0 Å². The molecule has 0 aliphatic carbocycles. The highest BCUT2D eigenvalue weighted by Gasteiger charge is 2.21. The van der Waals surface area contributed by atoms with Crippen molar-refractivity contribution in [3.05, 3.63) is 59.0 Å². The summed E-state index contributed by atoms with van der Waals surface area (Å²) >= 11 is 5.73. The quantitative estimate of drug-likeness (QED) is 0.821. The van der Waals surface area contributed by atoms with Crippen LogP contribution in [0.1, 0.15) is 24.3 Å². The Morgan fingerprint density at radius 1 is 1.15 bits per heavy atom. The van der Waals surface area contributed by atoms with E-state index >= 15 is 0 Å². The van der Waals surface area contributed by atoms with Crippen LogP contribution in [0.3, 0.4) is 0 Å². The lowest BCUT2D eigenvalue weighted by Crippen LogP contribution is -2.33. The van der Waals surface area contributed by atoms with Crippen molar-refractivity contribution in [2.45, 2.75) is 18.8 Å². The molecule has 3 rings (SSSR count). The molecule has 1 fully saturated rings. The van der Waals surface area contributed by atoms with E-state index in [0.29, 0.717) is 5.92 Å². The molecule has 20 heavy (non-hydrogen) atoms. The van der Waals surface area contributed by atoms with Crippen molar-refractivity contribution in [1.82, 2.24) is 4.98 Å². The largest absolute Gasteiger partial charge is 0.357 e. The lowest BCUT2D eigenvalue weighted by Gasteiger charge is -2.33. The fourth-order valence-electron chi connectivity index (χ4n) is 2.75. The molecule has 2 aromatic rings. The second kappa shape index (κ2) is 5.80. The standard InChI is InChI=1S/C16H16ClFN2/c17-14-5-4-13(11-15(14)18)12-6-9-20(10-7-12)16-3-1-2-8-19-16/h1-5,8,11-12H,6-7,9-10H2. The van der Waals surface area contributed by atoms with Gasteiger partial charge in [-0.15, -0.1) is 0 Å². The van der Waals surface area contributed by atoms with Crippen molar-refractivity contribution in [1.29, 1.82) is 0 Å². The van der Waals surface area contributed by atoms with Gasteiger partial charge in [0.1, 0.15) is 11.6 Å². The number of aromatic nitrogens is 1. The van der Waals surface area contributed by atoms with Gasteiger partial charge < -0.3 is 4.90 Å². The van der Waals surface area contributed by atoms with Crippen LogP contribution in [0, 0.1) is 5.82 Å². The van der Waals surface area contributed by atoms with Gasteiger partial charge in [0.05, 0.1) is 5.02 Å². The summed E-state index contributed by atoms with van der Waals surface area (Å²) < 4.78 is 13.5. The minimum Gasteiger partial charge on any atom is -0.357 e. The van der Waals surface area contributed by atoms with E-state index in [2.05, 4.69) is 9.88 Å². The molecule has 2 heterocycles. The Bertz CT molecular complexity index is 580. The van der Waals surface area contributed by atoms with Crippen LogP contribution in [0.5, 0.6) is 0 Å². The molecule has 1 aliphatic rings. The Labute approximate surface area is 123 Å². The van der Waals surface area contributed by atoms with Crippen molar-refractivity contribution >= 4 is 17.4 Å². The summed E-state index contributed by atoms with van der Waals surface area (Å²) in [6.07, 6.45) is 3.84. The number of pyridine rings is 1. The van der Waals surface area contributed by atoms with E-state index in [1.165, 1.54) is 0 Å². The molecule has 1 aromatic carbocycles. The van der Waals surface area contributed by atoms with Crippen molar-refractivity contribution in [3.8, 4) is 0 Å². The number of piperidine rings is 1. The number of anilines is 1. The first-order valence-electron chi connectivity index (χ1n) is 6.85. The Morgan fingerprint density at radius 3 is 2.60 bits per heavy atom. The molecule has 0 radical (unpaired) electrons. The number of nitrogens with zero attached hydrogens (tertiary/aromatic N) is 2. The van der Waals surface area contributed by atoms with Crippen LogP contribution < -0.4 is 4.90 Å². The molecule has 0 bridgehead atoms. The van der Waals surface area contributed by atoms with Gasteiger partial charge in [0.2, 0.25) is 0 Å². The SMILES string of the molecule is Fc1cc(C2CCN(c3ccccn3)CC2)ccc1Cl. The third kappa shape index (κ3) is 2.78. The Hall–Kier alpha value is -1.61. The lowest BCUT2D eigenvalue weighted by molar-refractivity contribution is 0.499. The van der Waals surface area contributed by atoms with E-state index in [9.17, 15) is 4.39 Å². The normalized spacial score (nSPS) is 16.4. The zero-order chi connectivity index (χ0) is 13.9. The molecular formula is C16H16ClFN2.